The number of likely N-dealkylation sites (N-methyl/N-ethyl adjacent to an activating group) is 1. The first-order chi connectivity index (χ1) is 9.25. The van der Waals surface area contributed by atoms with Crippen LogP contribution in [0, 0.1) is 0 Å². The van der Waals surface area contributed by atoms with Gasteiger partial charge in [0.15, 0.2) is 0 Å². The highest BCUT2D eigenvalue weighted by Crippen LogP contribution is 2.21. The predicted molar refractivity (Wildman–Crippen MR) is 75.4 cm³/mol. The van der Waals surface area contributed by atoms with Gasteiger partial charge in [-0.2, -0.15) is 0 Å². The molecule has 0 spiro atoms. The molecule has 19 heavy (non-hydrogen) atoms. The van der Waals surface area contributed by atoms with E-state index >= 15 is 0 Å². The van der Waals surface area contributed by atoms with E-state index in [0.717, 1.165) is 6.54 Å². The highest BCUT2D eigenvalue weighted by atomic mass is 16.6. The van der Waals surface area contributed by atoms with E-state index in [-0.39, 0.29) is 6.09 Å². The number of para-hydroxylation sites is 1. The van der Waals surface area contributed by atoms with Gasteiger partial charge in [-0.1, -0.05) is 31.0 Å². The first-order valence-electron chi connectivity index (χ1n) is 6.96. The summed E-state index contributed by atoms with van der Waals surface area (Å²) in [4.78, 5) is 13.9. The summed E-state index contributed by atoms with van der Waals surface area (Å²) >= 11 is 0. The fourth-order valence-electron chi connectivity index (χ4n) is 2.49. The maximum Gasteiger partial charge on any atom is 0.412 e. The van der Waals surface area contributed by atoms with E-state index in [0.29, 0.717) is 18.3 Å². The van der Waals surface area contributed by atoms with Crippen LogP contribution >= 0.6 is 0 Å². The van der Waals surface area contributed by atoms with Crippen LogP contribution in [0.25, 0.3) is 0 Å². The Labute approximate surface area is 114 Å². The van der Waals surface area contributed by atoms with Gasteiger partial charge in [0, 0.05) is 19.1 Å². The standard InChI is InChI=1S/C15H22N2O2/c1-17(13-7-5-6-8-13)12-11-16-15(18)19-14-9-3-2-4-10-14/h2-4,9-10,13H,5-8,11-12H2,1H3,(H,16,18). The summed E-state index contributed by atoms with van der Waals surface area (Å²) in [6.45, 7) is 1.49. The van der Waals surface area contributed by atoms with Gasteiger partial charge in [0.1, 0.15) is 5.75 Å². The maximum absolute atomic E-state index is 11.6. The Hall–Kier alpha value is -1.55. The van der Waals surface area contributed by atoms with Crippen LogP contribution in [0.2, 0.25) is 0 Å². The summed E-state index contributed by atoms with van der Waals surface area (Å²) in [6, 6.07) is 9.80. The lowest BCUT2D eigenvalue weighted by Gasteiger charge is -2.23. The maximum atomic E-state index is 11.6. The zero-order valence-electron chi connectivity index (χ0n) is 11.5. The van der Waals surface area contributed by atoms with Crippen molar-refractivity contribution in [1.29, 1.82) is 0 Å². The first kappa shape index (κ1) is 13.9. The average Bonchev–Trinajstić information content (AvgIpc) is 2.93. The number of carbonyl (C=O) groups excluding carboxylic acids is 1. The van der Waals surface area contributed by atoms with E-state index in [1.165, 1.54) is 25.7 Å². The van der Waals surface area contributed by atoms with Crippen LogP contribution in [-0.4, -0.2) is 37.2 Å². The molecule has 0 radical (unpaired) electrons. The molecule has 1 aromatic carbocycles. The molecule has 0 aliphatic heterocycles. The minimum atomic E-state index is -0.383. The Balaban J connectivity index is 1.63. The average molecular weight is 262 g/mol. The zero-order chi connectivity index (χ0) is 13.5. The SMILES string of the molecule is CN(CCNC(=O)Oc1ccccc1)C1CCCC1. The topological polar surface area (TPSA) is 41.6 Å². The van der Waals surface area contributed by atoms with Crippen molar-refractivity contribution in [2.45, 2.75) is 31.7 Å². The minimum absolute atomic E-state index is 0.383. The third kappa shape index (κ3) is 4.56. The molecule has 1 aliphatic rings. The van der Waals surface area contributed by atoms with Crippen LogP contribution in [0.15, 0.2) is 30.3 Å². The van der Waals surface area contributed by atoms with Crippen molar-refractivity contribution in [2.24, 2.45) is 0 Å². The third-order valence-corrected chi connectivity index (χ3v) is 3.64. The highest BCUT2D eigenvalue weighted by molar-refractivity contribution is 5.70. The van der Waals surface area contributed by atoms with Crippen LogP contribution in [0.5, 0.6) is 5.75 Å². The molecule has 4 heteroatoms. The van der Waals surface area contributed by atoms with Gasteiger partial charge >= 0.3 is 6.09 Å². The van der Waals surface area contributed by atoms with Gasteiger partial charge in [0.25, 0.3) is 0 Å². The number of ether oxygens (including phenoxy) is 1. The zero-order valence-corrected chi connectivity index (χ0v) is 11.5. The molecule has 1 fully saturated rings. The fourth-order valence-corrected chi connectivity index (χ4v) is 2.49. The Morgan fingerprint density at radius 3 is 2.68 bits per heavy atom. The van der Waals surface area contributed by atoms with Crippen molar-refractivity contribution < 1.29 is 9.53 Å². The second-order valence-electron chi connectivity index (χ2n) is 5.05. The van der Waals surface area contributed by atoms with Gasteiger partial charge < -0.3 is 15.0 Å². The fraction of sp³-hybridized carbons (Fsp3) is 0.533. The number of rotatable bonds is 5. The lowest BCUT2D eigenvalue weighted by atomic mass is 10.2. The molecule has 0 aromatic heterocycles. The molecule has 0 bridgehead atoms. The summed E-state index contributed by atoms with van der Waals surface area (Å²) < 4.78 is 5.15. The van der Waals surface area contributed by atoms with E-state index in [9.17, 15) is 4.79 Å². The number of carbonyl (C=O) groups is 1. The molecule has 1 aliphatic carbocycles. The van der Waals surface area contributed by atoms with Crippen LogP contribution in [0.3, 0.4) is 0 Å². The van der Waals surface area contributed by atoms with Crippen LogP contribution in [0.4, 0.5) is 4.79 Å². The highest BCUT2D eigenvalue weighted by Gasteiger charge is 2.19. The first-order valence-corrected chi connectivity index (χ1v) is 6.96. The smallest absolute Gasteiger partial charge is 0.410 e. The van der Waals surface area contributed by atoms with Gasteiger partial charge in [-0.05, 0) is 32.0 Å². The lowest BCUT2D eigenvalue weighted by Crippen LogP contribution is -2.38. The number of nitrogens with one attached hydrogen (secondary N) is 1. The summed E-state index contributed by atoms with van der Waals surface area (Å²) in [7, 11) is 2.13. The Kier molecular flexibility index (Phi) is 5.21. The molecule has 1 N–H and O–H groups in total. The van der Waals surface area contributed by atoms with Crippen LogP contribution < -0.4 is 10.1 Å². The van der Waals surface area contributed by atoms with Crippen molar-refractivity contribution in [1.82, 2.24) is 10.2 Å². The van der Waals surface area contributed by atoms with Crippen LogP contribution in [0.1, 0.15) is 25.7 Å². The Morgan fingerprint density at radius 1 is 1.32 bits per heavy atom. The molecule has 104 valence electrons. The van der Waals surface area contributed by atoms with Gasteiger partial charge in [-0.15, -0.1) is 0 Å². The molecule has 1 amide bonds. The molecule has 1 aromatic rings. The molecule has 4 nitrogen and oxygen atoms in total. The van der Waals surface area contributed by atoms with E-state index < -0.39 is 0 Å². The van der Waals surface area contributed by atoms with Crippen molar-refractivity contribution >= 4 is 6.09 Å². The summed E-state index contributed by atoms with van der Waals surface area (Å²) in [5.74, 6) is 0.573. The number of amides is 1. The van der Waals surface area contributed by atoms with Crippen molar-refractivity contribution in [3.8, 4) is 5.75 Å². The Morgan fingerprint density at radius 2 is 2.00 bits per heavy atom. The monoisotopic (exact) mass is 262 g/mol. The van der Waals surface area contributed by atoms with E-state index in [1.807, 2.05) is 18.2 Å². The van der Waals surface area contributed by atoms with Crippen molar-refractivity contribution in [2.75, 3.05) is 20.1 Å². The van der Waals surface area contributed by atoms with Crippen LogP contribution in [-0.2, 0) is 0 Å². The van der Waals surface area contributed by atoms with Gasteiger partial charge in [0.05, 0.1) is 0 Å². The Bertz CT molecular complexity index is 388. The molecule has 0 unspecified atom stereocenters. The molecular weight excluding hydrogens is 240 g/mol. The molecule has 1 saturated carbocycles. The van der Waals surface area contributed by atoms with Crippen molar-refractivity contribution in [3.63, 3.8) is 0 Å². The summed E-state index contributed by atoms with van der Waals surface area (Å²) in [5, 5.41) is 2.78. The number of hydrogen-bond donors (Lipinski definition) is 1. The number of nitrogens with zero attached hydrogens (tertiary/aromatic N) is 1. The van der Waals surface area contributed by atoms with Crippen molar-refractivity contribution in [3.05, 3.63) is 30.3 Å². The quantitative estimate of drug-likeness (QED) is 0.887. The molecule has 0 heterocycles. The van der Waals surface area contributed by atoms with E-state index in [4.69, 9.17) is 4.74 Å². The summed E-state index contributed by atoms with van der Waals surface area (Å²) in [5.41, 5.74) is 0. The lowest BCUT2D eigenvalue weighted by molar-refractivity contribution is 0.195. The molecule has 2 rings (SSSR count). The van der Waals surface area contributed by atoms with Gasteiger partial charge in [0.2, 0.25) is 0 Å². The second-order valence-corrected chi connectivity index (χ2v) is 5.05. The molecule has 0 atom stereocenters. The largest absolute Gasteiger partial charge is 0.412 e. The second kappa shape index (κ2) is 7.14. The van der Waals surface area contributed by atoms with Gasteiger partial charge in [-0.3, -0.25) is 0 Å². The third-order valence-electron chi connectivity index (χ3n) is 3.64. The normalized spacial score (nSPS) is 15.7. The number of hydrogen-bond acceptors (Lipinski definition) is 3. The summed E-state index contributed by atoms with van der Waals surface area (Å²) in [6.07, 6.45) is 4.85. The molecule has 0 saturated heterocycles. The van der Waals surface area contributed by atoms with Gasteiger partial charge in [-0.25, -0.2) is 4.79 Å². The number of benzene rings is 1. The van der Waals surface area contributed by atoms with E-state index in [2.05, 4.69) is 17.3 Å². The minimum Gasteiger partial charge on any atom is -0.410 e. The predicted octanol–water partition coefficient (Wildman–Crippen LogP) is 2.65. The molecular formula is C15H22N2O2. The van der Waals surface area contributed by atoms with E-state index in [1.54, 1.807) is 12.1 Å².